The molecule has 0 aromatic heterocycles. The predicted octanol–water partition coefficient (Wildman–Crippen LogP) is 0.836. The van der Waals surface area contributed by atoms with E-state index in [1.54, 1.807) is 0 Å². The van der Waals surface area contributed by atoms with E-state index in [9.17, 15) is 24.1 Å². The second-order valence-corrected chi connectivity index (χ2v) is 6.27. The largest absolute Gasteiger partial charge is 0.472 e. The normalized spacial score (nSPS) is 14.0. The fourth-order valence-corrected chi connectivity index (χ4v) is 2.23. The van der Waals surface area contributed by atoms with Gasteiger partial charge in [-0.1, -0.05) is 19.7 Å². The van der Waals surface area contributed by atoms with Crippen LogP contribution in [0, 0.1) is 5.92 Å². The minimum absolute atomic E-state index is 0.230. The molecule has 8 nitrogen and oxygen atoms in total. The molecule has 0 saturated heterocycles. The maximum atomic E-state index is 12.2. The minimum atomic E-state index is -5.45. The highest BCUT2D eigenvalue weighted by Crippen LogP contribution is 2.45. The van der Waals surface area contributed by atoms with Crippen molar-refractivity contribution in [2.75, 3.05) is 0 Å². The van der Waals surface area contributed by atoms with Gasteiger partial charge < -0.3 is 14.9 Å². The van der Waals surface area contributed by atoms with Gasteiger partial charge in [-0.2, -0.15) is 0 Å². The molecule has 0 aliphatic carbocycles. The first kappa shape index (κ1) is 21.3. The van der Waals surface area contributed by atoms with Gasteiger partial charge in [0.1, 0.15) is 5.92 Å². The van der Waals surface area contributed by atoms with Gasteiger partial charge in [0, 0.05) is 0 Å². The van der Waals surface area contributed by atoms with E-state index >= 15 is 0 Å². The number of ketones is 3. The van der Waals surface area contributed by atoms with Crippen molar-refractivity contribution in [2.45, 2.75) is 26.6 Å². The van der Waals surface area contributed by atoms with Crippen molar-refractivity contribution < 1.29 is 38.4 Å². The maximum Gasteiger partial charge on any atom is 0.472 e. The Morgan fingerprint density at radius 3 is 1.52 bits per heavy atom. The van der Waals surface area contributed by atoms with E-state index in [1.807, 2.05) is 0 Å². The summed E-state index contributed by atoms with van der Waals surface area (Å²) in [6.07, 6.45) is 0. The van der Waals surface area contributed by atoms with E-state index in [0.29, 0.717) is 0 Å². The monoisotopic (exact) mass is 346 g/mol. The van der Waals surface area contributed by atoms with Crippen molar-refractivity contribution in [3.63, 3.8) is 0 Å². The van der Waals surface area contributed by atoms with Crippen molar-refractivity contribution in [1.29, 1.82) is 0 Å². The molecule has 0 amide bonds. The fourth-order valence-electron chi connectivity index (χ4n) is 1.68. The Morgan fingerprint density at radius 2 is 1.30 bits per heavy atom. The van der Waals surface area contributed by atoms with Gasteiger partial charge in [0.05, 0.1) is 0 Å². The Hall–Kier alpha value is -1.70. The molecule has 23 heavy (non-hydrogen) atoms. The van der Waals surface area contributed by atoms with Crippen molar-refractivity contribution in [3.8, 4) is 0 Å². The predicted molar refractivity (Wildman–Crippen MR) is 81.0 cm³/mol. The summed E-state index contributed by atoms with van der Waals surface area (Å²) in [6.45, 7) is 13.4. The molecule has 0 saturated carbocycles. The summed E-state index contributed by atoms with van der Waals surface area (Å²) in [5, 5.41) is 10.4. The van der Waals surface area contributed by atoms with Crippen LogP contribution in [-0.2, 0) is 23.5 Å². The molecule has 1 unspecified atom stereocenters. The zero-order chi connectivity index (χ0) is 18.7. The number of rotatable bonds is 9. The van der Waals surface area contributed by atoms with E-state index < -0.39 is 36.9 Å². The number of hydrogen-bond donors (Lipinski definition) is 3. The maximum absolute atomic E-state index is 12.2. The van der Waals surface area contributed by atoms with E-state index in [-0.39, 0.29) is 16.7 Å². The number of phosphoric ester groups is 1. The Morgan fingerprint density at radius 1 is 0.957 bits per heavy atom. The zero-order valence-electron chi connectivity index (χ0n) is 13.0. The molecular weight excluding hydrogens is 327 g/mol. The lowest BCUT2D eigenvalue weighted by Gasteiger charge is -2.32. The molecule has 0 aromatic rings. The van der Waals surface area contributed by atoms with Crippen LogP contribution in [0.25, 0.3) is 0 Å². The molecule has 0 rings (SSSR count). The van der Waals surface area contributed by atoms with Crippen LogP contribution in [0.15, 0.2) is 36.5 Å². The lowest BCUT2D eigenvalue weighted by molar-refractivity contribution is -0.193. The van der Waals surface area contributed by atoms with Crippen molar-refractivity contribution in [3.05, 3.63) is 36.5 Å². The first-order valence-corrected chi connectivity index (χ1v) is 7.76. The highest BCUT2D eigenvalue weighted by molar-refractivity contribution is 7.46. The summed E-state index contributed by atoms with van der Waals surface area (Å²) in [6, 6.07) is 0. The van der Waals surface area contributed by atoms with Crippen molar-refractivity contribution in [1.82, 2.24) is 0 Å². The number of Topliss-reactive ketones (excluding diaryl/α,β-unsaturated/α-hetero) is 3. The summed E-state index contributed by atoms with van der Waals surface area (Å²) in [7, 11) is -5.45. The van der Waals surface area contributed by atoms with Gasteiger partial charge in [-0.25, -0.2) is 9.09 Å². The van der Waals surface area contributed by atoms with Gasteiger partial charge in [-0.3, -0.25) is 14.4 Å². The number of hydrogen-bond acceptors (Lipinski definition) is 6. The molecule has 0 bridgehead atoms. The lowest BCUT2D eigenvalue weighted by Crippen LogP contribution is -2.54. The molecule has 128 valence electrons. The van der Waals surface area contributed by atoms with E-state index in [0.717, 1.165) is 6.92 Å². The van der Waals surface area contributed by atoms with Gasteiger partial charge in [0.25, 0.3) is 5.79 Å². The van der Waals surface area contributed by atoms with Gasteiger partial charge in [-0.05, 0) is 37.5 Å². The average Bonchev–Trinajstić information content (AvgIpc) is 2.34. The molecule has 0 heterocycles. The molecule has 0 aliphatic rings. The van der Waals surface area contributed by atoms with Crippen LogP contribution >= 0.6 is 7.82 Å². The topological polar surface area (TPSA) is 138 Å². The van der Waals surface area contributed by atoms with Gasteiger partial charge in [-0.15, -0.1) is 0 Å². The third-order valence-corrected chi connectivity index (χ3v) is 3.24. The van der Waals surface area contributed by atoms with Crippen LogP contribution in [0.5, 0.6) is 0 Å². The molecule has 1 atom stereocenters. The van der Waals surface area contributed by atoms with Crippen LogP contribution in [0.4, 0.5) is 0 Å². The first-order chi connectivity index (χ1) is 10.1. The minimum Gasteiger partial charge on any atom is -0.358 e. The average molecular weight is 346 g/mol. The standard InChI is InChI=1S/C14H19O8P/c1-7(2)11(15)10(12(16)8(3)4)14(18,13(17)9(5)6)22-23(19,20)21/h10,18H,1,3,5H2,2,4,6H3,(H2,19,20,21). The SMILES string of the molecule is C=C(C)C(=O)C(C(=O)C(=C)C)C(O)(OP(=O)(O)O)C(=O)C(=C)C. The highest BCUT2D eigenvalue weighted by atomic mass is 31.2. The third-order valence-electron chi connectivity index (χ3n) is 2.73. The van der Waals surface area contributed by atoms with Crippen LogP contribution in [0.2, 0.25) is 0 Å². The number of aliphatic hydroxyl groups is 1. The number of carbonyl (C=O) groups excluding carboxylic acids is 3. The van der Waals surface area contributed by atoms with Crippen LogP contribution in [-0.4, -0.2) is 38.0 Å². The van der Waals surface area contributed by atoms with Gasteiger partial charge in [0.15, 0.2) is 11.6 Å². The fraction of sp³-hybridized carbons (Fsp3) is 0.357. The highest BCUT2D eigenvalue weighted by Gasteiger charge is 2.56. The van der Waals surface area contributed by atoms with Crippen LogP contribution in [0.3, 0.4) is 0 Å². The lowest BCUT2D eigenvalue weighted by atomic mass is 9.81. The summed E-state index contributed by atoms with van der Waals surface area (Å²) in [5.74, 6) is -9.37. The summed E-state index contributed by atoms with van der Waals surface area (Å²) in [4.78, 5) is 54.5. The second-order valence-electron chi connectivity index (χ2n) is 5.11. The molecule has 0 aliphatic heterocycles. The summed E-state index contributed by atoms with van der Waals surface area (Å²) < 4.78 is 15.3. The zero-order valence-corrected chi connectivity index (χ0v) is 13.9. The molecule has 0 spiro atoms. The first-order valence-electron chi connectivity index (χ1n) is 6.23. The molecule has 3 N–H and O–H groups in total. The Bertz CT molecular complexity index is 615. The third kappa shape index (κ3) is 5.16. The Labute approximate surface area is 133 Å². The number of allylic oxidation sites excluding steroid dienone is 2. The molecule has 9 heteroatoms. The molecular formula is C14H19O8P. The van der Waals surface area contributed by atoms with Crippen molar-refractivity contribution in [2.24, 2.45) is 5.92 Å². The summed E-state index contributed by atoms with van der Waals surface area (Å²) in [5.41, 5.74) is -0.839. The van der Waals surface area contributed by atoms with Gasteiger partial charge >= 0.3 is 7.82 Å². The Kier molecular flexibility index (Phi) is 6.71. The Balaban J connectivity index is 6.49. The molecule has 0 fully saturated rings. The molecule has 0 radical (unpaired) electrons. The van der Waals surface area contributed by atoms with E-state index in [4.69, 9.17) is 9.79 Å². The smallest absolute Gasteiger partial charge is 0.358 e. The van der Waals surface area contributed by atoms with Crippen LogP contribution in [0.1, 0.15) is 20.8 Å². The second kappa shape index (κ2) is 7.25. The molecule has 0 aromatic carbocycles. The van der Waals surface area contributed by atoms with Gasteiger partial charge in [0.2, 0.25) is 5.78 Å². The summed E-state index contributed by atoms with van der Waals surface area (Å²) >= 11 is 0. The van der Waals surface area contributed by atoms with E-state index in [2.05, 4.69) is 24.3 Å². The number of carbonyl (C=O) groups is 3. The van der Waals surface area contributed by atoms with Crippen LogP contribution < -0.4 is 0 Å². The van der Waals surface area contributed by atoms with E-state index in [1.165, 1.54) is 13.8 Å². The quantitative estimate of drug-likeness (QED) is 0.242. The van der Waals surface area contributed by atoms with Crippen molar-refractivity contribution >= 4 is 25.2 Å². The number of phosphoric acid groups is 1.